The van der Waals surface area contributed by atoms with Crippen molar-refractivity contribution in [2.24, 2.45) is 0 Å². The Hall–Kier alpha value is -7.10. The van der Waals surface area contributed by atoms with E-state index in [4.69, 9.17) is 14.4 Å². The van der Waals surface area contributed by atoms with Crippen LogP contribution in [0.5, 0.6) is 0 Å². The fourth-order valence-electron chi connectivity index (χ4n) is 7.44. The molecule has 0 bridgehead atoms. The molecule has 0 saturated carbocycles. The predicted molar refractivity (Wildman–Crippen MR) is 219 cm³/mol. The summed E-state index contributed by atoms with van der Waals surface area (Å²) < 4.78 is 6.60. The largest absolute Gasteiger partial charge is 0.437 e. The summed E-state index contributed by atoms with van der Waals surface area (Å²) in [4.78, 5) is 10.2. The molecule has 0 spiro atoms. The minimum Gasteiger partial charge on any atom is -0.437 e. The molecule has 0 saturated heterocycles. The smallest absolute Gasteiger partial charge is 0.231 e. The first kappa shape index (κ1) is 30.7. The van der Waals surface area contributed by atoms with Gasteiger partial charge >= 0.3 is 0 Å². The SMILES string of the molecule is c1ccc(-c2cc(-c3ccccc3)cc(-c3cccc(-c4cccc(-c5nc(-c6ccccc6)nc6oc7c8ccccc8ccc7c56)c4)c3)c2)cc1. The van der Waals surface area contributed by atoms with Gasteiger partial charge < -0.3 is 4.42 Å². The van der Waals surface area contributed by atoms with Gasteiger partial charge in [-0.05, 0) is 86.3 Å². The minimum absolute atomic E-state index is 0.583. The van der Waals surface area contributed by atoms with Gasteiger partial charge in [0.15, 0.2) is 5.82 Å². The van der Waals surface area contributed by atoms with Crippen LogP contribution in [-0.4, -0.2) is 9.97 Å². The van der Waals surface area contributed by atoms with Gasteiger partial charge in [-0.2, -0.15) is 4.98 Å². The summed E-state index contributed by atoms with van der Waals surface area (Å²) in [5.74, 6) is 0.636. The summed E-state index contributed by atoms with van der Waals surface area (Å²) >= 11 is 0. The average molecular weight is 677 g/mol. The first-order valence-corrected chi connectivity index (χ1v) is 17.9. The second-order valence-corrected chi connectivity index (χ2v) is 13.4. The Bertz CT molecular complexity index is 2870. The van der Waals surface area contributed by atoms with Crippen LogP contribution in [0.4, 0.5) is 0 Å². The molecule has 0 unspecified atom stereocenters. The van der Waals surface area contributed by atoms with Crippen LogP contribution >= 0.6 is 0 Å². The summed E-state index contributed by atoms with van der Waals surface area (Å²) in [6.07, 6.45) is 0. The molecule has 0 atom stereocenters. The zero-order chi connectivity index (χ0) is 35.1. The predicted octanol–water partition coefficient (Wildman–Crippen LogP) is 13.5. The molecule has 2 aromatic heterocycles. The Kier molecular flexibility index (Phi) is 7.47. The third kappa shape index (κ3) is 5.65. The molecule has 0 N–H and O–H groups in total. The van der Waals surface area contributed by atoms with E-state index >= 15 is 0 Å². The fraction of sp³-hybridized carbons (Fsp3) is 0. The quantitative estimate of drug-likeness (QED) is 0.176. The molecule has 0 aliphatic rings. The van der Waals surface area contributed by atoms with Crippen LogP contribution in [0.3, 0.4) is 0 Å². The van der Waals surface area contributed by atoms with Crippen molar-refractivity contribution in [3.05, 3.63) is 194 Å². The number of hydrogen-bond acceptors (Lipinski definition) is 3. The molecular formula is C50H32N2O. The highest BCUT2D eigenvalue weighted by atomic mass is 16.3. The molecule has 0 fully saturated rings. The summed E-state index contributed by atoms with van der Waals surface area (Å²) in [6, 6.07) is 68.4. The van der Waals surface area contributed by atoms with Crippen molar-refractivity contribution in [2.45, 2.75) is 0 Å². The van der Waals surface area contributed by atoms with E-state index in [1.165, 1.54) is 27.8 Å². The van der Waals surface area contributed by atoms with Crippen LogP contribution in [0.2, 0.25) is 0 Å². The van der Waals surface area contributed by atoms with Crippen molar-refractivity contribution in [2.75, 3.05) is 0 Å². The van der Waals surface area contributed by atoms with Gasteiger partial charge in [0, 0.05) is 21.9 Å². The lowest BCUT2D eigenvalue weighted by molar-refractivity contribution is 0.657. The van der Waals surface area contributed by atoms with Crippen LogP contribution < -0.4 is 0 Å². The van der Waals surface area contributed by atoms with Crippen molar-refractivity contribution >= 4 is 32.8 Å². The van der Waals surface area contributed by atoms with Gasteiger partial charge in [-0.3, -0.25) is 0 Å². The molecule has 248 valence electrons. The molecule has 53 heavy (non-hydrogen) atoms. The zero-order valence-electron chi connectivity index (χ0n) is 28.8. The van der Waals surface area contributed by atoms with E-state index in [2.05, 4.69) is 164 Å². The number of rotatable bonds is 6. The van der Waals surface area contributed by atoms with E-state index < -0.39 is 0 Å². The molecule has 3 heteroatoms. The summed E-state index contributed by atoms with van der Waals surface area (Å²) in [5, 5.41) is 4.12. The van der Waals surface area contributed by atoms with Crippen molar-refractivity contribution in [3.8, 4) is 67.2 Å². The first-order chi connectivity index (χ1) is 26.2. The number of aromatic nitrogens is 2. The van der Waals surface area contributed by atoms with Gasteiger partial charge in [0.25, 0.3) is 0 Å². The highest BCUT2D eigenvalue weighted by Gasteiger charge is 2.20. The van der Waals surface area contributed by atoms with Crippen molar-refractivity contribution in [3.63, 3.8) is 0 Å². The second kappa shape index (κ2) is 12.9. The summed E-state index contributed by atoms with van der Waals surface area (Å²) in [5.41, 5.74) is 13.6. The van der Waals surface area contributed by atoms with Crippen molar-refractivity contribution in [1.82, 2.24) is 9.97 Å². The minimum atomic E-state index is 0.583. The third-order valence-corrected chi connectivity index (χ3v) is 10.1. The van der Waals surface area contributed by atoms with Crippen LogP contribution in [-0.2, 0) is 0 Å². The molecule has 0 aliphatic heterocycles. The van der Waals surface area contributed by atoms with Crippen molar-refractivity contribution in [1.29, 1.82) is 0 Å². The maximum absolute atomic E-state index is 6.60. The summed E-state index contributed by atoms with van der Waals surface area (Å²) in [7, 11) is 0. The zero-order valence-corrected chi connectivity index (χ0v) is 28.8. The highest BCUT2D eigenvalue weighted by Crippen LogP contribution is 2.40. The lowest BCUT2D eigenvalue weighted by Crippen LogP contribution is -1.94. The summed E-state index contributed by atoms with van der Waals surface area (Å²) in [6.45, 7) is 0. The Morgan fingerprint density at radius 2 is 0.792 bits per heavy atom. The van der Waals surface area contributed by atoms with Crippen LogP contribution in [0.15, 0.2) is 199 Å². The van der Waals surface area contributed by atoms with Gasteiger partial charge in [-0.1, -0.05) is 158 Å². The number of fused-ring (bicyclic) bond motifs is 5. The van der Waals surface area contributed by atoms with Crippen LogP contribution in [0, 0.1) is 0 Å². The lowest BCUT2D eigenvalue weighted by Gasteiger charge is -2.13. The molecule has 0 radical (unpaired) electrons. The van der Waals surface area contributed by atoms with E-state index in [-0.39, 0.29) is 0 Å². The molecule has 0 aliphatic carbocycles. The molecule has 3 nitrogen and oxygen atoms in total. The number of nitrogens with zero attached hydrogens (tertiary/aromatic N) is 2. The highest BCUT2D eigenvalue weighted by molar-refractivity contribution is 6.18. The van der Waals surface area contributed by atoms with Gasteiger partial charge in [0.05, 0.1) is 11.1 Å². The monoisotopic (exact) mass is 676 g/mol. The van der Waals surface area contributed by atoms with E-state index in [1.807, 2.05) is 30.3 Å². The Morgan fingerprint density at radius 1 is 0.321 bits per heavy atom. The maximum Gasteiger partial charge on any atom is 0.231 e. The number of furan rings is 1. The van der Waals surface area contributed by atoms with E-state index in [0.29, 0.717) is 11.5 Å². The molecular weight excluding hydrogens is 645 g/mol. The van der Waals surface area contributed by atoms with E-state index in [9.17, 15) is 0 Å². The molecule has 10 rings (SSSR count). The first-order valence-electron chi connectivity index (χ1n) is 17.9. The van der Waals surface area contributed by atoms with E-state index in [0.717, 1.165) is 60.6 Å². The topological polar surface area (TPSA) is 38.9 Å². The molecule has 8 aromatic carbocycles. The Labute approximate surface area is 307 Å². The third-order valence-electron chi connectivity index (χ3n) is 10.1. The van der Waals surface area contributed by atoms with Crippen molar-refractivity contribution < 1.29 is 4.42 Å². The Balaban J connectivity index is 1.12. The standard InChI is InChI=1S/C50H32N2O/c1-4-14-33(15-5-1)41-30-42(34-16-6-2-7-17-34)32-43(31-41)39-23-12-21-37(28-39)38-22-13-24-40(29-38)47-46-45-27-26-35-18-10-11-25-44(35)48(45)53-50(46)52-49(51-47)36-19-8-3-9-20-36/h1-32H. The molecule has 0 amide bonds. The molecule has 2 heterocycles. The van der Waals surface area contributed by atoms with Gasteiger partial charge in [0.2, 0.25) is 5.71 Å². The maximum atomic E-state index is 6.60. The molecule has 10 aromatic rings. The van der Waals surface area contributed by atoms with Gasteiger partial charge in [0.1, 0.15) is 5.58 Å². The van der Waals surface area contributed by atoms with Crippen LogP contribution in [0.1, 0.15) is 0 Å². The van der Waals surface area contributed by atoms with Gasteiger partial charge in [-0.25, -0.2) is 4.98 Å². The lowest BCUT2D eigenvalue weighted by atomic mass is 9.92. The fourth-order valence-corrected chi connectivity index (χ4v) is 7.44. The van der Waals surface area contributed by atoms with E-state index in [1.54, 1.807) is 0 Å². The van der Waals surface area contributed by atoms with Crippen LogP contribution in [0.25, 0.3) is 100.0 Å². The van der Waals surface area contributed by atoms with Gasteiger partial charge in [-0.15, -0.1) is 0 Å². The second-order valence-electron chi connectivity index (χ2n) is 13.4. The number of hydrogen-bond donors (Lipinski definition) is 0. The normalized spacial score (nSPS) is 11.4. The number of benzene rings is 8. The Morgan fingerprint density at radius 3 is 1.43 bits per heavy atom. The average Bonchev–Trinajstić information content (AvgIpc) is 3.63.